The molecule has 5 rings (SSSR count). The van der Waals surface area contributed by atoms with Crippen molar-refractivity contribution in [3.8, 4) is 23.0 Å². The molecule has 0 saturated heterocycles. The molecule has 160 valence electrons. The topological polar surface area (TPSA) is 58.9 Å². The Bertz CT molecular complexity index is 1150. The Morgan fingerprint density at radius 2 is 1.61 bits per heavy atom. The number of ketones is 1. The van der Waals surface area contributed by atoms with E-state index in [0.29, 0.717) is 25.5 Å². The average Bonchev–Trinajstić information content (AvgIpc) is 3.37. The molecule has 0 amide bonds. The highest BCUT2D eigenvalue weighted by Gasteiger charge is 2.19. The molecule has 0 radical (unpaired) electrons. The Hall–Kier alpha value is -3.06. The van der Waals surface area contributed by atoms with Gasteiger partial charge < -0.3 is 23.5 Å². The zero-order chi connectivity index (χ0) is 21.4. The number of ether oxygens (including phenoxy) is 4. The third-order valence-corrected chi connectivity index (χ3v) is 6.53. The van der Waals surface area contributed by atoms with E-state index in [1.165, 1.54) is 11.8 Å². The van der Waals surface area contributed by atoms with E-state index in [4.69, 9.17) is 18.9 Å². The van der Waals surface area contributed by atoms with Gasteiger partial charge in [0.2, 0.25) is 6.79 Å². The highest BCUT2D eigenvalue weighted by Crippen LogP contribution is 2.35. The Balaban J connectivity index is 1.29. The van der Waals surface area contributed by atoms with Crippen LogP contribution in [0.15, 0.2) is 47.4 Å². The fraction of sp³-hybridized carbons (Fsp3) is 0.292. The van der Waals surface area contributed by atoms with E-state index < -0.39 is 0 Å². The van der Waals surface area contributed by atoms with Gasteiger partial charge in [-0.25, -0.2) is 0 Å². The van der Waals surface area contributed by atoms with Crippen molar-refractivity contribution in [2.24, 2.45) is 0 Å². The number of aryl methyl sites for hydroxylation is 1. The molecule has 3 aromatic rings. The molecule has 0 N–H and O–H groups in total. The molecule has 0 aliphatic carbocycles. The molecular formula is C24H23NO5S. The van der Waals surface area contributed by atoms with Crippen molar-refractivity contribution < 1.29 is 23.7 Å². The van der Waals surface area contributed by atoms with E-state index in [9.17, 15) is 4.79 Å². The maximum absolute atomic E-state index is 13.0. The molecule has 2 aliphatic heterocycles. The van der Waals surface area contributed by atoms with Gasteiger partial charge in [-0.3, -0.25) is 4.79 Å². The monoisotopic (exact) mass is 437 g/mol. The Kier molecular flexibility index (Phi) is 5.28. The smallest absolute Gasteiger partial charge is 0.231 e. The molecule has 31 heavy (non-hydrogen) atoms. The molecule has 0 bridgehead atoms. The summed E-state index contributed by atoms with van der Waals surface area (Å²) in [6.07, 6.45) is 0. The van der Waals surface area contributed by atoms with Crippen molar-refractivity contribution in [2.75, 3.05) is 25.8 Å². The minimum absolute atomic E-state index is 0.116. The van der Waals surface area contributed by atoms with Crippen LogP contribution in [0.3, 0.4) is 0 Å². The van der Waals surface area contributed by atoms with Gasteiger partial charge in [-0.1, -0.05) is 6.07 Å². The number of hydrogen-bond acceptors (Lipinski definition) is 6. The van der Waals surface area contributed by atoms with Gasteiger partial charge in [0.05, 0.1) is 5.75 Å². The molecular weight excluding hydrogens is 414 g/mol. The van der Waals surface area contributed by atoms with Crippen LogP contribution in [0.1, 0.15) is 27.3 Å². The van der Waals surface area contributed by atoms with Crippen LogP contribution >= 0.6 is 11.8 Å². The summed E-state index contributed by atoms with van der Waals surface area (Å²) in [5.74, 6) is 3.53. The number of Topliss-reactive ketones (excluding diaryl/α,β-unsaturated/α-hetero) is 1. The molecule has 0 fully saturated rings. The van der Waals surface area contributed by atoms with E-state index in [1.54, 1.807) is 0 Å². The number of benzene rings is 2. The molecule has 1 aromatic heterocycles. The van der Waals surface area contributed by atoms with Crippen molar-refractivity contribution in [3.05, 3.63) is 65.0 Å². The van der Waals surface area contributed by atoms with E-state index in [0.717, 1.165) is 50.4 Å². The molecule has 7 heteroatoms. The summed E-state index contributed by atoms with van der Waals surface area (Å²) in [6.45, 7) is 6.10. The summed E-state index contributed by atoms with van der Waals surface area (Å²) < 4.78 is 24.2. The standard InChI is InChI=1S/C24H23NO5S/c1-15-9-19(16(2)25(15)12-17-3-5-22-23(10-17)30-14-29-22)20(26)13-31-18-4-6-21-24(11-18)28-8-7-27-21/h3-6,9-11H,7-8,12-14H2,1-2H3. The summed E-state index contributed by atoms with van der Waals surface area (Å²) in [6, 6.07) is 13.8. The second kappa shape index (κ2) is 8.23. The number of fused-ring (bicyclic) bond motifs is 2. The van der Waals surface area contributed by atoms with E-state index in [1.807, 2.05) is 56.3 Å². The third kappa shape index (κ3) is 3.97. The summed E-state index contributed by atoms with van der Waals surface area (Å²) >= 11 is 1.51. The van der Waals surface area contributed by atoms with Crippen molar-refractivity contribution in [3.63, 3.8) is 0 Å². The number of carbonyl (C=O) groups is 1. The molecule has 3 heterocycles. The lowest BCUT2D eigenvalue weighted by atomic mass is 10.1. The second-order valence-corrected chi connectivity index (χ2v) is 8.62. The Morgan fingerprint density at radius 3 is 2.48 bits per heavy atom. The molecule has 0 saturated carbocycles. The first kappa shape index (κ1) is 19.9. The quantitative estimate of drug-likeness (QED) is 0.414. The average molecular weight is 438 g/mol. The van der Waals surface area contributed by atoms with Gasteiger partial charge in [-0.05, 0) is 55.8 Å². The minimum atomic E-state index is 0.116. The van der Waals surface area contributed by atoms with Crippen molar-refractivity contribution in [2.45, 2.75) is 25.3 Å². The zero-order valence-electron chi connectivity index (χ0n) is 17.5. The highest BCUT2D eigenvalue weighted by molar-refractivity contribution is 8.00. The molecule has 2 aliphatic rings. The lowest BCUT2D eigenvalue weighted by Crippen LogP contribution is -2.15. The third-order valence-electron chi connectivity index (χ3n) is 5.54. The van der Waals surface area contributed by atoms with Gasteiger partial charge in [-0.2, -0.15) is 0 Å². The van der Waals surface area contributed by atoms with E-state index in [-0.39, 0.29) is 12.6 Å². The molecule has 0 atom stereocenters. The Morgan fingerprint density at radius 1 is 0.903 bits per heavy atom. The van der Waals surface area contributed by atoms with Gasteiger partial charge >= 0.3 is 0 Å². The molecule has 0 spiro atoms. The van der Waals surface area contributed by atoms with Crippen LogP contribution in [0.25, 0.3) is 0 Å². The largest absolute Gasteiger partial charge is 0.486 e. The van der Waals surface area contributed by atoms with Crippen LogP contribution in [0, 0.1) is 13.8 Å². The fourth-order valence-electron chi connectivity index (χ4n) is 3.89. The first-order chi connectivity index (χ1) is 15.1. The van der Waals surface area contributed by atoms with Gasteiger partial charge in [-0.15, -0.1) is 11.8 Å². The van der Waals surface area contributed by atoms with Crippen molar-refractivity contribution in [1.29, 1.82) is 0 Å². The van der Waals surface area contributed by atoms with Crippen LogP contribution in [0.5, 0.6) is 23.0 Å². The summed E-state index contributed by atoms with van der Waals surface area (Å²) in [7, 11) is 0. The summed E-state index contributed by atoms with van der Waals surface area (Å²) in [5, 5.41) is 0. The van der Waals surface area contributed by atoms with Crippen molar-refractivity contribution >= 4 is 17.5 Å². The number of rotatable bonds is 6. The lowest BCUT2D eigenvalue weighted by molar-refractivity contribution is 0.102. The van der Waals surface area contributed by atoms with Crippen LogP contribution < -0.4 is 18.9 Å². The predicted octanol–water partition coefficient (Wildman–Crippen LogP) is 4.63. The van der Waals surface area contributed by atoms with Crippen LogP contribution in [0.4, 0.5) is 0 Å². The van der Waals surface area contributed by atoms with Crippen LogP contribution in [-0.4, -0.2) is 36.1 Å². The van der Waals surface area contributed by atoms with Gasteiger partial charge in [0, 0.05) is 28.4 Å². The number of hydrogen-bond donors (Lipinski definition) is 0. The predicted molar refractivity (Wildman–Crippen MR) is 118 cm³/mol. The fourth-order valence-corrected chi connectivity index (χ4v) is 4.70. The number of carbonyl (C=O) groups excluding carboxylic acids is 1. The van der Waals surface area contributed by atoms with Crippen LogP contribution in [0.2, 0.25) is 0 Å². The highest BCUT2D eigenvalue weighted by atomic mass is 32.2. The molecule has 6 nitrogen and oxygen atoms in total. The summed E-state index contributed by atoms with van der Waals surface area (Å²) in [5.41, 5.74) is 3.91. The van der Waals surface area contributed by atoms with E-state index >= 15 is 0 Å². The van der Waals surface area contributed by atoms with Crippen LogP contribution in [-0.2, 0) is 6.54 Å². The number of aromatic nitrogens is 1. The summed E-state index contributed by atoms with van der Waals surface area (Å²) in [4.78, 5) is 14.0. The zero-order valence-corrected chi connectivity index (χ0v) is 18.3. The first-order valence-corrected chi connectivity index (χ1v) is 11.2. The SMILES string of the molecule is Cc1cc(C(=O)CSc2ccc3c(c2)OCCO3)c(C)n1Cc1ccc2c(c1)OCO2. The number of nitrogens with zero attached hydrogens (tertiary/aromatic N) is 1. The molecule has 0 unspecified atom stereocenters. The Labute approximate surface area is 185 Å². The minimum Gasteiger partial charge on any atom is -0.486 e. The maximum Gasteiger partial charge on any atom is 0.231 e. The van der Waals surface area contributed by atoms with Gasteiger partial charge in [0.15, 0.2) is 28.8 Å². The van der Waals surface area contributed by atoms with E-state index in [2.05, 4.69) is 4.57 Å². The maximum atomic E-state index is 13.0. The second-order valence-electron chi connectivity index (χ2n) is 7.58. The van der Waals surface area contributed by atoms with Gasteiger partial charge in [0.25, 0.3) is 0 Å². The first-order valence-electron chi connectivity index (χ1n) is 10.2. The lowest BCUT2D eigenvalue weighted by Gasteiger charge is -2.18. The molecule has 2 aromatic carbocycles. The van der Waals surface area contributed by atoms with Gasteiger partial charge in [0.1, 0.15) is 13.2 Å². The van der Waals surface area contributed by atoms with Crippen molar-refractivity contribution in [1.82, 2.24) is 4.57 Å². The number of thioether (sulfide) groups is 1. The normalized spacial score (nSPS) is 14.0.